The van der Waals surface area contributed by atoms with Crippen molar-refractivity contribution >= 4 is 89.5 Å². The number of para-hydroxylation sites is 7. The van der Waals surface area contributed by atoms with Crippen molar-refractivity contribution in [1.82, 2.24) is 14.5 Å². The first-order valence-corrected chi connectivity index (χ1v) is 23.7. The van der Waals surface area contributed by atoms with Gasteiger partial charge >= 0.3 is 0 Å². The number of anilines is 6. The Bertz CT molecular complexity index is 3800. The molecule has 0 aliphatic carbocycles. The van der Waals surface area contributed by atoms with Gasteiger partial charge in [-0.25, -0.2) is 4.99 Å². The van der Waals surface area contributed by atoms with Crippen LogP contribution in [0.15, 0.2) is 271 Å². The number of benzene rings is 10. The molecule has 0 bridgehead atoms. The summed E-state index contributed by atoms with van der Waals surface area (Å²) < 4.78 is 4.70. The number of aromatic nitrogens is 2. The van der Waals surface area contributed by atoms with E-state index in [1.165, 1.54) is 10.8 Å². The molecule has 3 heterocycles. The quantitative estimate of drug-likeness (QED) is 0.157. The Morgan fingerprint density at radius 2 is 0.729 bits per heavy atom. The van der Waals surface area contributed by atoms with Crippen LogP contribution in [0, 0.1) is 0 Å². The van der Waals surface area contributed by atoms with E-state index in [1.807, 2.05) is 0 Å². The van der Waals surface area contributed by atoms with Gasteiger partial charge in [-0.1, -0.05) is 152 Å². The summed E-state index contributed by atoms with van der Waals surface area (Å²) in [7, 11) is 0. The van der Waals surface area contributed by atoms with Gasteiger partial charge in [0.2, 0.25) is 5.96 Å². The van der Waals surface area contributed by atoms with E-state index in [0.717, 1.165) is 89.6 Å². The fourth-order valence-corrected chi connectivity index (χ4v) is 10.2. The molecular formula is C63H45N7. The lowest BCUT2D eigenvalue weighted by Crippen LogP contribution is -2.35. The molecule has 7 heteroatoms. The molecule has 13 rings (SSSR count). The number of rotatable bonds is 9. The zero-order chi connectivity index (χ0) is 46.4. The van der Waals surface area contributed by atoms with Crippen LogP contribution in [-0.2, 0) is 0 Å². The molecule has 0 saturated carbocycles. The Labute approximate surface area is 405 Å². The molecule has 12 aromatic rings. The van der Waals surface area contributed by atoms with E-state index in [0.29, 0.717) is 5.96 Å². The first-order valence-electron chi connectivity index (χ1n) is 23.7. The molecule has 1 aliphatic heterocycles. The van der Waals surface area contributed by atoms with Gasteiger partial charge in [0.05, 0.1) is 22.1 Å². The second kappa shape index (κ2) is 17.3. The Hall–Kier alpha value is -9.46. The summed E-state index contributed by atoms with van der Waals surface area (Å²) in [5.74, 6) is 1.33. The van der Waals surface area contributed by atoms with E-state index >= 15 is 0 Å². The third-order valence-electron chi connectivity index (χ3n) is 13.3. The average molecular weight is 900 g/mol. The third kappa shape index (κ3) is 7.07. The Balaban J connectivity index is 1.01. The van der Waals surface area contributed by atoms with Crippen molar-refractivity contribution in [2.24, 2.45) is 9.98 Å². The van der Waals surface area contributed by atoms with Crippen LogP contribution < -0.4 is 15.1 Å². The van der Waals surface area contributed by atoms with Crippen molar-refractivity contribution in [3.63, 3.8) is 0 Å². The highest BCUT2D eigenvalue weighted by atomic mass is 15.3. The van der Waals surface area contributed by atoms with Crippen LogP contribution in [0.3, 0.4) is 0 Å². The van der Waals surface area contributed by atoms with Gasteiger partial charge in [-0.15, -0.1) is 0 Å². The lowest BCUT2D eigenvalue weighted by Gasteiger charge is -2.27. The molecule has 1 aliphatic rings. The molecule has 1 unspecified atom stereocenters. The van der Waals surface area contributed by atoms with E-state index in [1.54, 1.807) is 0 Å². The van der Waals surface area contributed by atoms with E-state index < -0.39 is 6.17 Å². The topological polar surface area (TPSA) is 53.1 Å². The largest absolute Gasteiger partial charge is 0.344 e. The molecule has 0 saturated heterocycles. The predicted octanol–water partition coefficient (Wildman–Crippen LogP) is 15.8. The van der Waals surface area contributed by atoms with Gasteiger partial charge in [0, 0.05) is 66.9 Å². The Morgan fingerprint density at radius 1 is 0.343 bits per heavy atom. The number of amidine groups is 1. The van der Waals surface area contributed by atoms with Gasteiger partial charge in [-0.2, -0.15) is 4.99 Å². The second-order valence-corrected chi connectivity index (χ2v) is 17.5. The van der Waals surface area contributed by atoms with Crippen LogP contribution in [0.4, 0.5) is 34.1 Å². The lowest BCUT2D eigenvalue weighted by atomic mass is 10.1. The van der Waals surface area contributed by atoms with Crippen molar-refractivity contribution in [2.45, 2.75) is 6.17 Å². The van der Waals surface area contributed by atoms with E-state index in [2.05, 4.69) is 285 Å². The molecule has 0 spiro atoms. The Morgan fingerprint density at radius 3 is 1.21 bits per heavy atom. The SMILES string of the molecule is c1ccc(N(c2ccccc2)c2ccc(C3=NC(n4c5ccccc5c5ccc6c7ccccc7n(-c7ccccc7)c6c54)=NC(c4ccc(N(c5ccccc5)c5ccccc5)cc4)N3)cc2)cc1. The molecule has 7 nitrogen and oxygen atoms in total. The minimum absolute atomic E-state index is 0.473. The number of hydrogen-bond donors (Lipinski definition) is 1. The zero-order valence-corrected chi connectivity index (χ0v) is 38.1. The highest BCUT2D eigenvalue weighted by Gasteiger charge is 2.27. The standard InChI is InChI=1S/C63H45N7/c1-6-20-46(21-7-1)67(47-22-8-2-9-23-47)51-38-34-44(35-39-51)61-64-62(45-36-40-52(41-37-45)68(48-24-10-3-11-25-48)49-26-12-4-13-27-49)66-63(65-61)70-58-33-19-17-31-54(58)56-43-42-55-53-30-16-18-32-57(53)69(59(55)60(56)70)50-28-14-5-15-29-50/h1-43,61H,(H,64,65,66). The molecule has 10 aromatic carbocycles. The average Bonchev–Trinajstić information content (AvgIpc) is 3.96. The van der Waals surface area contributed by atoms with E-state index in [9.17, 15) is 0 Å². The molecule has 70 heavy (non-hydrogen) atoms. The summed E-state index contributed by atoms with van der Waals surface area (Å²) in [4.78, 5) is 15.7. The summed E-state index contributed by atoms with van der Waals surface area (Å²) in [6.07, 6.45) is -0.473. The highest BCUT2D eigenvalue weighted by Crippen LogP contribution is 2.42. The fourth-order valence-electron chi connectivity index (χ4n) is 10.2. The molecular weight excluding hydrogens is 855 g/mol. The molecule has 2 aromatic heterocycles. The lowest BCUT2D eigenvalue weighted by molar-refractivity contribution is 0.668. The minimum atomic E-state index is -0.473. The summed E-state index contributed by atoms with van der Waals surface area (Å²) in [5, 5.41) is 8.44. The van der Waals surface area contributed by atoms with Gasteiger partial charge in [-0.3, -0.25) is 4.57 Å². The van der Waals surface area contributed by atoms with Gasteiger partial charge in [0.25, 0.3) is 0 Å². The summed E-state index contributed by atoms with van der Waals surface area (Å²) >= 11 is 0. The maximum Gasteiger partial charge on any atom is 0.234 e. The summed E-state index contributed by atoms with van der Waals surface area (Å²) in [6.45, 7) is 0. The van der Waals surface area contributed by atoms with Gasteiger partial charge in [-0.05, 0) is 115 Å². The molecule has 0 amide bonds. The van der Waals surface area contributed by atoms with Crippen LogP contribution in [-0.4, -0.2) is 20.9 Å². The molecule has 1 N–H and O–H groups in total. The number of nitrogens with one attached hydrogen (secondary N) is 1. The van der Waals surface area contributed by atoms with Crippen LogP contribution in [0.5, 0.6) is 0 Å². The third-order valence-corrected chi connectivity index (χ3v) is 13.3. The van der Waals surface area contributed by atoms with Crippen molar-refractivity contribution in [1.29, 1.82) is 0 Å². The maximum atomic E-state index is 5.60. The fraction of sp³-hybridized carbons (Fsp3) is 0.0159. The summed E-state index contributed by atoms with van der Waals surface area (Å²) in [5.41, 5.74) is 13.8. The van der Waals surface area contributed by atoms with Gasteiger partial charge in [0.15, 0.2) is 0 Å². The molecule has 332 valence electrons. The molecule has 0 radical (unpaired) electrons. The van der Waals surface area contributed by atoms with Crippen LogP contribution in [0.2, 0.25) is 0 Å². The Kier molecular flexibility index (Phi) is 10.1. The molecule has 0 fully saturated rings. The van der Waals surface area contributed by atoms with E-state index in [4.69, 9.17) is 9.98 Å². The van der Waals surface area contributed by atoms with Crippen LogP contribution in [0.25, 0.3) is 49.3 Å². The van der Waals surface area contributed by atoms with Gasteiger partial charge in [0.1, 0.15) is 12.0 Å². The zero-order valence-electron chi connectivity index (χ0n) is 38.1. The monoisotopic (exact) mass is 899 g/mol. The summed E-state index contributed by atoms with van der Waals surface area (Å²) in [6, 6.07) is 92.0. The number of aliphatic imine (C=N–C) groups is 2. The second-order valence-electron chi connectivity index (χ2n) is 17.5. The molecule has 1 atom stereocenters. The van der Waals surface area contributed by atoms with Crippen molar-refractivity contribution in [3.8, 4) is 5.69 Å². The van der Waals surface area contributed by atoms with E-state index in [-0.39, 0.29) is 0 Å². The predicted molar refractivity (Wildman–Crippen MR) is 291 cm³/mol. The van der Waals surface area contributed by atoms with Crippen LogP contribution in [0.1, 0.15) is 17.3 Å². The highest BCUT2D eigenvalue weighted by molar-refractivity contribution is 6.26. The van der Waals surface area contributed by atoms with Crippen molar-refractivity contribution in [2.75, 3.05) is 9.80 Å². The number of nitrogens with zero attached hydrogens (tertiary/aromatic N) is 6. The van der Waals surface area contributed by atoms with Gasteiger partial charge < -0.3 is 19.7 Å². The number of fused-ring (bicyclic) bond motifs is 7. The normalized spacial score (nSPS) is 13.6. The smallest absolute Gasteiger partial charge is 0.234 e. The maximum absolute atomic E-state index is 5.60. The van der Waals surface area contributed by atoms with Crippen LogP contribution >= 0.6 is 0 Å². The van der Waals surface area contributed by atoms with Crippen molar-refractivity contribution in [3.05, 3.63) is 272 Å². The van der Waals surface area contributed by atoms with Crippen molar-refractivity contribution < 1.29 is 0 Å². The first-order chi connectivity index (χ1) is 34.7. The minimum Gasteiger partial charge on any atom is -0.344 e. The first kappa shape index (κ1) is 40.8. The number of hydrogen-bond acceptors (Lipinski definition) is 5.